The fraction of sp³-hybridized carbons (Fsp3) is 0.833. The number of ether oxygens (including phenoxy) is 2. The quantitative estimate of drug-likeness (QED) is 0.0663. The summed E-state index contributed by atoms with van der Waals surface area (Å²) < 4.78 is 11.5. The number of thiazole rings is 1. The van der Waals surface area contributed by atoms with Crippen molar-refractivity contribution in [3.05, 3.63) is 21.0 Å². The fourth-order valence-corrected chi connectivity index (χ4v) is 7.13. The summed E-state index contributed by atoms with van der Waals surface area (Å²) in [7, 11) is 0. The van der Waals surface area contributed by atoms with Crippen LogP contribution in [0.4, 0.5) is 4.79 Å². The Balaban J connectivity index is 2.34. The van der Waals surface area contributed by atoms with Crippen molar-refractivity contribution in [1.82, 2.24) is 25.5 Å². The number of hydrogen-bond donors (Lipinski definition) is 3. The number of alkyl carbamates (subject to hydrolysis) is 1. The molecule has 286 valence electrons. The summed E-state index contributed by atoms with van der Waals surface area (Å²) >= 11 is 1.26. The van der Waals surface area contributed by atoms with Crippen LogP contribution < -0.4 is 10.7 Å². The number of hydrogen-bond acceptors (Lipinski definition) is 9. The zero-order valence-corrected chi connectivity index (χ0v) is 32.9. The number of piperidine rings is 1. The molecule has 5 atom stereocenters. The molecule has 0 unspecified atom stereocenters. The van der Waals surface area contributed by atoms with E-state index in [-0.39, 0.29) is 29.5 Å². The molecule has 0 spiro atoms. The zero-order chi connectivity index (χ0) is 37.4. The Hall–Kier alpha value is -2.84. The van der Waals surface area contributed by atoms with Crippen LogP contribution in [-0.2, 0) is 14.3 Å². The molecule has 50 heavy (non-hydrogen) atoms. The molecular weight excluding hydrogens is 660 g/mol. The molecule has 1 aromatic rings. The smallest absolute Gasteiger partial charge is 0.407 e. The van der Waals surface area contributed by atoms with Crippen LogP contribution in [0.1, 0.15) is 142 Å². The predicted molar refractivity (Wildman–Crippen MR) is 196 cm³/mol. The molecule has 0 aliphatic carbocycles. The number of nitrogens with zero attached hydrogens (tertiary/aromatic N) is 4. The average molecular weight is 726 g/mol. The molecule has 14 heteroatoms. The maximum absolute atomic E-state index is 14.8. The monoisotopic (exact) mass is 725 g/mol. The molecule has 2 amide bonds. The number of nitroso groups, excluding NO2 is 1. The number of likely N-dealkylation sites (tertiary alicyclic amines) is 1. The van der Waals surface area contributed by atoms with Gasteiger partial charge in [-0.15, -0.1) is 16.8 Å². The minimum Gasteiger partial charge on any atom is -0.476 e. The molecule has 0 radical (unpaired) electrons. The van der Waals surface area contributed by atoms with E-state index in [0.29, 0.717) is 57.1 Å². The highest BCUT2D eigenvalue weighted by Crippen LogP contribution is 2.32. The van der Waals surface area contributed by atoms with Gasteiger partial charge < -0.3 is 24.8 Å². The van der Waals surface area contributed by atoms with Crippen molar-refractivity contribution >= 4 is 29.3 Å². The van der Waals surface area contributed by atoms with Crippen LogP contribution in [0, 0.1) is 16.7 Å². The molecule has 0 saturated carbocycles. The summed E-state index contributed by atoms with van der Waals surface area (Å²) in [6.45, 7) is 20.2. The van der Waals surface area contributed by atoms with Gasteiger partial charge in [-0.1, -0.05) is 60.3 Å². The van der Waals surface area contributed by atoms with Crippen molar-refractivity contribution in [3.8, 4) is 0 Å². The van der Waals surface area contributed by atoms with Gasteiger partial charge in [0.25, 0.3) is 12.1 Å². The van der Waals surface area contributed by atoms with E-state index >= 15 is 0 Å². The number of aromatic nitrogens is 1. The van der Waals surface area contributed by atoms with Crippen LogP contribution in [0.2, 0.25) is 0 Å². The van der Waals surface area contributed by atoms with Gasteiger partial charge in [0, 0.05) is 57.0 Å². The van der Waals surface area contributed by atoms with Gasteiger partial charge >= 0.3 is 12.1 Å². The number of amides is 2. The normalized spacial score (nSPS) is 17.8. The van der Waals surface area contributed by atoms with Gasteiger partial charge in [-0.25, -0.2) is 19.5 Å². The van der Waals surface area contributed by atoms with Crippen molar-refractivity contribution in [1.29, 1.82) is 0 Å². The topological polar surface area (TPSA) is 153 Å². The van der Waals surface area contributed by atoms with E-state index in [9.17, 15) is 24.4 Å². The second-order valence-electron chi connectivity index (χ2n) is 14.7. The van der Waals surface area contributed by atoms with Crippen LogP contribution in [0.15, 0.2) is 5.38 Å². The van der Waals surface area contributed by atoms with Gasteiger partial charge in [0.2, 0.25) is 0 Å². The number of rotatable bonds is 22. The molecule has 1 aromatic heterocycles. The van der Waals surface area contributed by atoms with Gasteiger partial charge in [0.15, 0.2) is 11.7 Å². The first-order valence-electron chi connectivity index (χ1n) is 18.7. The lowest BCUT2D eigenvalue weighted by atomic mass is 9.92. The van der Waals surface area contributed by atoms with Crippen LogP contribution in [-0.4, -0.2) is 99.4 Å². The van der Waals surface area contributed by atoms with Crippen LogP contribution in [0.25, 0.3) is 0 Å². The lowest BCUT2D eigenvalue weighted by Gasteiger charge is -2.39. The maximum Gasteiger partial charge on any atom is 0.407 e. The van der Waals surface area contributed by atoms with Crippen LogP contribution in [0.3, 0.4) is 0 Å². The largest absolute Gasteiger partial charge is 0.476 e. The first-order chi connectivity index (χ1) is 23.6. The molecular formula is C36H65N6O7S+. The highest BCUT2D eigenvalue weighted by Gasteiger charge is 2.42. The van der Waals surface area contributed by atoms with E-state index in [1.165, 1.54) is 16.7 Å². The lowest BCUT2D eigenvalue weighted by Crippen LogP contribution is -2.60. The maximum atomic E-state index is 14.8. The second kappa shape index (κ2) is 21.5. The third kappa shape index (κ3) is 14.1. The molecule has 1 aliphatic rings. The number of unbranched alkanes of at least 4 members (excludes halogenated alkanes) is 3. The van der Waals surface area contributed by atoms with Crippen LogP contribution in [0.5, 0.6) is 0 Å². The molecule has 1 fully saturated rings. The Labute approximate surface area is 303 Å². The molecule has 2 rings (SSSR count). The standard InChI is InChI=1S/C36H64N6O7S/c1-10-13-14-16-21-41(28(25(4)5)23-29(48-12-3)32-38-27(24-50-32)34(44)45)33(43)31(26(6)11-2)39-42(47)30-18-15-17-20-40(30)22-19-37-35(46)49-36(7,8)9/h24-26,28-31H,10-23H2,1-9H3,(H2-,37,39,44,45,46,47)/p+1/t26-,28+,29+,30-,31-/m0/s1. The SMILES string of the molecule is CCCCCCN(C(=O)[C@@H](N[N+](=O)[C@H]1CCCCN1CCNC(=O)OC(C)(C)C)[C@@H](C)CC)[C@H](C[C@@H](OCC)c1nc(C(=O)O)cs1)C(C)C. The van der Waals surface area contributed by atoms with E-state index in [4.69, 9.17) is 9.47 Å². The third-order valence-corrected chi connectivity index (χ3v) is 10.1. The van der Waals surface area contributed by atoms with E-state index in [1.807, 2.05) is 46.4 Å². The van der Waals surface area contributed by atoms with E-state index in [2.05, 4.69) is 41.4 Å². The summed E-state index contributed by atoms with van der Waals surface area (Å²) in [6, 6.07) is -0.992. The van der Waals surface area contributed by atoms with Crippen molar-refractivity contribution < 1.29 is 33.8 Å². The second-order valence-corrected chi connectivity index (χ2v) is 15.6. The number of carbonyl (C=O) groups is 3. The number of carbonyl (C=O) groups excluding carboxylic acids is 2. The molecule has 1 saturated heterocycles. The Kier molecular flexibility index (Phi) is 18.6. The first-order valence-corrected chi connectivity index (χ1v) is 19.5. The summed E-state index contributed by atoms with van der Waals surface area (Å²) in [5.41, 5.74) is 2.51. The van der Waals surface area contributed by atoms with Gasteiger partial charge in [0.1, 0.15) is 21.6 Å². The van der Waals surface area contributed by atoms with Crippen molar-refractivity contribution in [2.75, 3.05) is 32.8 Å². The Morgan fingerprint density at radius 1 is 1.14 bits per heavy atom. The number of carboxylic acids is 1. The molecule has 13 nitrogen and oxygen atoms in total. The summed E-state index contributed by atoms with van der Waals surface area (Å²) in [5, 5.41) is 14.4. The van der Waals surface area contributed by atoms with Gasteiger partial charge in [0.05, 0.1) is 4.91 Å². The van der Waals surface area contributed by atoms with E-state index in [0.717, 1.165) is 43.4 Å². The lowest BCUT2D eigenvalue weighted by molar-refractivity contribution is -0.667. The van der Waals surface area contributed by atoms with Gasteiger partial charge in [-0.3, -0.25) is 4.79 Å². The highest BCUT2D eigenvalue weighted by atomic mass is 32.1. The average Bonchev–Trinajstić information content (AvgIpc) is 3.55. The Morgan fingerprint density at radius 2 is 1.86 bits per heavy atom. The van der Waals surface area contributed by atoms with Gasteiger partial charge in [-0.05, 0) is 58.8 Å². The minimum absolute atomic E-state index is 0.0164. The van der Waals surface area contributed by atoms with E-state index < -0.39 is 36.0 Å². The Morgan fingerprint density at radius 3 is 2.44 bits per heavy atom. The van der Waals surface area contributed by atoms with Crippen LogP contribution >= 0.6 is 11.3 Å². The number of aromatic carboxylic acids is 1. The fourth-order valence-electron chi connectivity index (χ4n) is 6.28. The minimum atomic E-state index is -1.09. The van der Waals surface area contributed by atoms with Crippen molar-refractivity contribution in [2.45, 2.75) is 150 Å². The molecule has 0 bridgehead atoms. The number of nitrogens with one attached hydrogen (secondary N) is 2. The molecule has 0 aromatic carbocycles. The van der Waals surface area contributed by atoms with Gasteiger partial charge in [-0.2, -0.15) is 0 Å². The zero-order valence-electron chi connectivity index (χ0n) is 32.0. The van der Waals surface area contributed by atoms with Crippen molar-refractivity contribution in [3.63, 3.8) is 0 Å². The summed E-state index contributed by atoms with van der Waals surface area (Å²) in [6.07, 6.45) is 6.11. The Bertz CT molecular complexity index is 1210. The van der Waals surface area contributed by atoms with Crippen molar-refractivity contribution in [2.24, 2.45) is 11.8 Å². The summed E-state index contributed by atoms with van der Waals surface area (Å²) in [4.78, 5) is 61.8. The number of hydrazine groups is 1. The molecule has 2 heterocycles. The highest BCUT2D eigenvalue weighted by molar-refractivity contribution is 7.09. The molecule has 1 aliphatic heterocycles. The number of carboxylic acid groups (broad SMARTS) is 1. The summed E-state index contributed by atoms with van der Waals surface area (Å²) in [5.74, 6) is -1.28. The molecule has 3 N–H and O–H groups in total. The third-order valence-electron chi connectivity index (χ3n) is 9.21. The predicted octanol–water partition coefficient (Wildman–Crippen LogP) is 6.78. The van der Waals surface area contributed by atoms with E-state index in [1.54, 1.807) is 0 Å². The first kappa shape index (κ1) is 43.3.